The van der Waals surface area contributed by atoms with E-state index >= 15 is 0 Å². The SMILES string of the molecule is C=C(C(=O)OC)[C@@H](O)[C@H](C)OCc1ccccc1. The van der Waals surface area contributed by atoms with Crippen LogP contribution in [0.4, 0.5) is 0 Å². The molecule has 1 N–H and O–H groups in total. The molecule has 0 aromatic heterocycles. The molecular formula is C14H18O4. The first kappa shape index (κ1) is 14.4. The van der Waals surface area contributed by atoms with Crippen LogP contribution in [0.5, 0.6) is 0 Å². The standard InChI is InChI=1S/C14H18O4/c1-10(14(16)17-3)13(15)11(2)18-9-12-7-5-4-6-8-12/h4-8,11,13,15H,1,9H2,2-3H3/t11-,13+/m0/s1. The monoisotopic (exact) mass is 250 g/mol. The summed E-state index contributed by atoms with van der Waals surface area (Å²) < 4.78 is 9.98. The number of esters is 1. The van der Waals surface area contributed by atoms with Gasteiger partial charge in [0.25, 0.3) is 0 Å². The lowest BCUT2D eigenvalue weighted by atomic mass is 10.1. The Morgan fingerprint density at radius 1 is 1.39 bits per heavy atom. The fourth-order valence-electron chi connectivity index (χ4n) is 1.43. The Bertz CT molecular complexity index is 400. The van der Waals surface area contributed by atoms with Crippen molar-refractivity contribution >= 4 is 5.97 Å². The number of ether oxygens (including phenoxy) is 2. The summed E-state index contributed by atoms with van der Waals surface area (Å²) in [6.45, 7) is 5.55. The zero-order valence-corrected chi connectivity index (χ0v) is 10.6. The van der Waals surface area contributed by atoms with E-state index in [1.165, 1.54) is 7.11 Å². The molecule has 0 spiro atoms. The second kappa shape index (κ2) is 6.93. The Kier molecular flexibility index (Phi) is 5.55. The number of methoxy groups -OCH3 is 1. The summed E-state index contributed by atoms with van der Waals surface area (Å²) in [6.07, 6.45) is -1.60. The van der Waals surface area contributed by atoms with Gasteiger partial charge in [-0.1, -0.05) is 36.9 Å². The minimum Gasteiger partial charge on any atom is -0.466 e. The molecule has 0 saturated heterocycles. The molecule has 0 heterocycles. The van der Waals surface area contributed by atoms with E-state index in [1.54, 1.807) is 6.92 Å². The molecule has 1 aromatic carbocycles. The van der Waals surface area contributed by atoms with Crippen LogP contribution in [-0.2, 0) is 20.9 Å². The average Bonchev–Trinajstić information content (AvgIpc) is 2.43. The first-order chi connectivity index (χ1) is 8.56. The molecule has 0 unspecified atom stereocenters. The summed E-state index contributed by atoms with van der Waals surface area (Å²) in [7, 11) is 1.25. The molecule has 0 amide bonds. The third-order valence-electron chi connectivity index (χ3n) is 2.60. The molecule has 98 valence electrons. The van der Waals surface area contributed by atoms with Gasteiger partial charge in [-0.05, 0) is 12.5 Å². The van der Waals surface area contributed by atoms with Gasteiger partial charge in [0.2, 0.25) is 0 Å². The third kappa shape index (κ3) is 3.98. The maximum absolute atomic E-state index is 11.2. The van der Waals surface area contributed by atoms with Crippen molar-refractivity contribution in [1.29, 1.82) is 0 Å². The van der Waals surface area contributed by atoms with Crippen LogP contribution in [0, 0.1) is 0 Å². The Hall–Kier alpha value is -1.65. The van der Waals surface area contributed by atoms with Crippen molar-refractivity contribution in [3.63, 3.8) is 0 Å². The summed E-state index contributed by atoms with van der Waals surface area (Å²) in [5, 5.41) is 9.84. The van der Waals surface area contributed by atoms with Gasteiger partial charge in [0.05, 0.1) is 25.4 Å². The summed E-state index contributed by atoms with van der Waals surface area (Å²) in [6, 6.07) is 9.59. The molecule has 2 atom stereocenters. The van der Waals surface area contributed by atoms with Crippen LogP contribution in [0.15, 0.2) is 42.5 Å². The molecule has 4 heteroatoms. The lowest BCUT2D eigenvalue weighted by Gasteiger charge is -2.20. The lowest BCUT2D eigenvalue weighted by molar-refractivity contribution is -0.138. The fourth-order valence-corrected chi connectivity index (χ4v) is 1.43. The van der Waals surface area contributed by atoms with Gasteiger partial charge in [0.1, 0.15) is 6.10 Å². The maximum Gasteiger partial charge on any atom is 0.335 e. The molecule has 0 saturated carbocycles. The van der Waals surface area contributed by atoms with Gasteiger partial charge in [-0.2, -0.15) is 0 Å². The first-order valence-electron chi connectivity index (χ1n) is 5.67. The van der Waals surface area contributed by atoms with Gasteiger partial charge in [0, 0.05) is 0 Å². The maximum atomic E-state index is 11.2. The van der Waals surface area contributed by atoms with Crippen LogP contribution in [0.25, 0.3) is 0 Å². The van der Waals surface area contributed by atoms with Crippen LogP contribution in [0.2, 0.25) is 0 Å². The largest absolute Gasteiger partial charge is 0.466 e. The minimum absolute atomic E-state index is 0.00179. The highest BCUT2D eigenvalue weighted by molar-refractivity contribution is 5.88. The summed E-state index contributed by atoms with van der Waals surface area (Å²) >= 11 is 0. The number of hydrogen-bond acceptors (Lipinski definition) is 4. The van der Waals surface area contributed by atoms with Crippen molar-refractivity contribution in [2.45, 2.75) is 25.7 Å². The molecule has 0 fully saturated rings. The van der Waals surface area contributed by atoms with E-state index in [0.29, 0.717) is 6.61 Å². The van der Waals surface area contributed by atoms with Crippen LogP contribution < -0.4 is 0 Å². The highest BCUT2D eigenvalue weighted by Crippen LogP contribution is 2.12. The number of benzene rings is 1. The van der Waals surface area contributed by atoms with Gasteiger partial charge >= 0.3 is 5.97 Å². The highest BCUT2D eigenvalue weighted by Gasteiger charge is 2.23. The normalized spacial score (nSPS) is 13.7. The van der Waals surface area contributed by atoms with E-state index in [0.717, 1.165) is 5.56 Å². The Labute approximate surface area is 107 Å². The molecule has 0 radical (unpaired) electrons. The van der Waals surface area contributed by atoms with E-state index < -0.39 is 18.2 Å². The molecular weight excluding hydrogens is 232 g/mol. The second-order valence-electron chi connectivity index (χ2n) is 3.96. The van der Waals surface area contributed by atoms with E-state index in [1.807, 2.05) is 30.3 Å². The number of hydrogen-bond donors (Lipinski definition) is 1. The van der Waals surface area contributed by atoms with Gasteiger partial charge in [-0.25, -0.2) is 4.79 Å². The molecule has 1 rings (SSSR count). The van der Waals surface area contributed by atoms with Crippen molar-refractivity contribution in [2.24, 2.45) is 0 Å². The van der Waals surface area contributed by atoms with Gasteiger partial charge < -0.3 is 14.6 Å². The van der Waals surface area contributed by atoms with Crippen LogP contribution in [-0.4, -0.2) is 30.4 Å². The number of carbonyl (C=O) groups is 1. The van der Waals surface area contributed by atoms with E-state index in [9.17, 15) is 9.90 Å². The first-order valence-corrected chi connectivity index (χ1v) is 5.67. The quantitative estimate of drug-likeness (QED) is 0.616. The predicted molar refractivity (Wildman–Crippen MR) is 67.9 cm³/mol. The number of carbonyl (C=O) groups excluding carboxylic acids is 1. The molecule has 0 aliphatic rings. The summed E-state index contributed by atoms with van der Waals surface area (Å²) in [5.41, 5.74) is 0.998. The van der Waals surface area contributed by atoms with Crippen LogP contribution in [0.1, 0.15) is 12.5 Å². The number of aliphatic hydroxyl groups is 1. The topological polar surface area (TPSA) is 55.8 Å². The van der Waals surface area contributed by atoms with E-state index in [-0.39, 0.29) is 5.57 Å². The third-order valence-corrected chi connectivity index (χ3v) is 2.60. The summed E-state index contributed by atoms with van der Waals surface area (Å²) in [5.74, 6) is -0.627. The zero-order valence-electron chi connectivity index (χ0n) is 10.6. The Morgan fingerprint density at radius 3 is 2.56 bits per heavy atom. The van der Waals surface area contributed by atoms with E-state index in [2.05, 4.69) is 11.3 Å². The molecule has 18 heavy (non-hydrogen) atoms. The van der Waals surface area contributed by atoms with Gasteiger partial charge in [0.15, 0.2) is 0 Å². The molecule has 4 nitrogen and oxygen atoms in total. The average molecular weight is 250 g/mol. The van der Waals surface area contributed by atoms with E-state index in [4.69, 9.17) is 4.74 Å². The summed E-state index contributed by atoms with van der Waals surface area (Å²) in [4.78, 5) is 11.2. The van der Waals surface area contributed by atoms with Crippen molar-refractivity contribution < 1.29 is 19.4 Å². The minimum atomic E-state index is -1.07. The van der Waals surface area contributed by atoms with Crippen molar-refractivity contribution in [3.8, 4) is 0 Å². The lowest BCUT2D eigenvalue weighted by Crippen LogP contribution is -2.31. The number of rotatable bonds is 6. The Balaban J connectivity index is 2.48. The van der Waals surface area contributed by atoms with Gasteiger partial charge in [-0.15, -0.1) is 0 Å². The predicted octanol–water partition coefficient (Wildman–Crippen LogP) is 1.68. The number of aliphatic hydroxyl groups excluding tert-OH is 1. The van der Waals surface area contributed by atoms with Crippen LogP contribution in [0.3, 0.4) is 0 Å². The molecule has 0 aliphatic heterocycles. The molecule has 0 aliphatic carbocycles. The highest BCUT2D eigenvalue weighted by atomic mass is 16.5. The van der Waals surface area contributed by atoms with Crippen molar-refractivity contribution in [1.82, 2.24) is 0 Å². The zero-order chi connectivity index (χ0) is 13.5. The second-order valence-corrected chi connectivity index (χ2v) is 3.96. The molecule has 0 bridgehead atoms. The van der Waals surface area contributed by atoms with Crippen LogP contribution >= 0.6 is 0 Å². The smallest absolute Gasteiger partial charge is 0.335 e. The van der Waals surface area contributed by atoms with Gasteiger partial charge in [-0.3, -0.25) is 0 Å². The van der Waals surface area contributed by atoms with Crippen molar-refractivity contribution in [2.75, 3.05) is 7.11 Å². The Morgan fingerprint density at radius 2 is 2.00 bits per heavy atom. The van der Waals surface area contributed by atoms with Crippen molar-refractivity contribution in [3.05, 3.63) is 48.0 Å². The fraction of sp³-hybridized carbons (Fsp3) is 0.357. The molecule has 1 aromatic rings.